The summed E-state index contributed by atoms with van der Waals surface area (Å²) in [5.41, 5.74) is 0. The van der Waals surface area contributed by atoms with Crippen molar-refractivity contribution < 1.29 is 4.79 Å². The zero-order chi connectivity index (χ0) is 8.55. The molecule has 4 heteroatoms. The van der Waals surface area contributed by atoms with E-state index in [0.29, 0.717) is 5.82 Å². The van der Waals surface area contributed by atoms with Gasteiger partial charge in [-0.05, 0) is 0 Å². The van der Waals surface area contributed by atoms with Gasteiger partial charge in [-0.1, -0.05) is 0 Å². The number of Topliss-reactive ketones (excluding diaryl/α,β-unsaturated/α-hetero) is 1. The summed E-state index contributed by atoms with van der Waals surface area (Å²) in [5, 5.41) is 0. The van der Waals surface area contributed by atoms with E-state index in [1.165, 1.54) is 0 Å². The molecule has 1 aromatic heterocycles. The van der Waals surface area contributed by atoms with Gasteiger partial charge in [0.15, 0.2) is 5.82 Å². The second kappa shape index (κ2) is 2.94. The first-order valence-corrected chi connectivity index (χ1v) is 5.04. The van der Waals surface area contributed by atoms with E-state index in [4.69, 9.17) is 0 Å². The summed E-state index contributed by atoms with van der Waals surface area (Å²) < 4.78 is 1.78. The highest BCUT2D eigenvalue weighted by Crippen LogP contribution is 2.27. The first kappa shape index (κ1) is 7.86. The van der Waals surface area contributed by atoms with Gasteiger partial charge in [-0.15, -0.1) is 0 Å². The summed E-state index contributed by atoms with van der Waals surface area (Å²) >= 11 is 1.82. The van der Waals surface area contributed by atoms with Crippen LogP contribution < -0.4 is 0 Å². The standard InChI is InChI=1S/C8H10N2OS/c1-10-3-2-9-8(10)7(11)6-4-12-5-6/h2-3,6H,4-5H2,1H3. The maximum Gasteiger partial charge on any atom is 0.202 e. The molecule has 0 amide bonds. The van der Waals surface area contributed by atoms with Crippen LogP contribution in [0.25, 0.3) is 0 Å². The van der Waals surface area contributed by atoms with Crippen molar-refractivity contribution in [1.29, 1.82) is 0 Å². The zero-order valence-electron chi connectivity index (χ0n) is 6.86. The average molecular weight is 182 g/mol. The quantitative estimate of drug-likeness (QED) is 0.639. The van der Waals surface area contributed by atoms with Crippen molar-refractivity contribution in [1.82, 2.24) is 9.55 Å². The predicted octanol–water partition coefficient (Wildman–Crippen LogP) is 0.966. The Morgan fingerprint density at radius 1 is 1.75 bits per heavy atom. The van der Waals surface area contributed by atoms with Gasteiger partial charge in [0.25, 0.3) is 0 Å². The van der Waals surface area contributed by atoms with Crippen molar-refractivity contribution in [2.75, 3.05) is 11.5 Å². The lowest BCUT2D eigenvalue weighted by molar-refractivity contribution is 0.0925. The Labute approximate surface area is 75.2 Å². The smallest absolute Gasteiger partial charge is 0.202 e. The van der Waals surface area contributed by atoms with E-state index in [0.717, 1.165) is 11.5 Å². The van der Waals surface area contributed by atoms with Crippen molar-refractivity contribution in [3.63, 3.8) is 0 Å². The minimum atomic E-state index is 0.196. The molecule has 1 aliphatic heterocycles. The number of imidazole rings is 1. The van der Waals surface area contributed by atoms with E-state index in [9.17, 15) is 4.79 Å². The third-order valence-corrected chi connectivity index (χ3v) is 3.33. The minimum Gasteiger partial charge on any atom is -0.332 e. The van der Waals surface area contributed by atoms with Crippen molar-refractivity contribution in [2.24, 2.45) is 13.0 Å². The molecule has 2 heterocycles. The highest BCUT2D eigenvalue weighted by molar-refractivity contribution is 8.00. The fraction of sp³-hybridized carbons (Fsp3) is 0.500. The SMILES string of the molecule is Cn1ccnc1C(=O)C1CSC1. The summed E-state index contributed by atoms with van der Waals surface area (Å²) in [6.45, 7) is 0. The summed E-state index contributed by atoms with van der Waals surface area (Å²) in [6, 6.07) is 0. The molecule has 2 rings (SSSR count). The van der Waals surface area contributed by atoms with E-state index in [2.05, 4.69) is 4.98 Å². The van der Waals surface area contributed by atoms with Gasteiger partial charge >= 0.3 is 0 Å². The number of rotatable bonds is 2. The highest BCUT2D eigenvalue weighted by Gasteiger charge is 2.28. The highest BCUT2D eigenvalue weighted by atomic mass is 32.2. The second-order valence-electron chi connectivity index (χ2n) is 2.96. The molecule has 0 aliphatic carbocycles. The first-order chi connectivity index (χ1) is 5.79. The Balaban J connectivity index is 2.19. The molecule has 0 unspecified atom stereocenters. The molecule has 0 aromatic carbocycles. The molecule has 1 fully saturated rings. The van der Waals surface area contributed by atoms with E-state index < -0.39 is 0 Å². The van der Waals surface area contributed by atoms with Gasteiger partial charge in [-0.25, -0.2) is 4.98 Å². The fourth-order valence-electron chi connectivity index (χ4n) is 1.17. The van der Waals surface area contributed by atoms with Gasteiger partial charge in [-0.3, -0.25) is 4.79 Å². The molecule has 3 nitrogen and oxygen atoms in total. The normalized spacial score (nSPS) is 17.4. The van der Waals surface area contributed by atoms with Gasteiger partial charge < -0.3 is 4.57 Å². The number of nitrogens with zero attached hydrogens (tertiary/aromatic N) is 2. The van der Waals surface area contributed by atoms with Crippen LogP contribution in [0.1, 0.15) is 10.6 Å². The van der Waals surface area contributed by atoms with Gasteiger partial charge in [-0.2, -0.15) is 11.8 Å². The third kappa shape index (κ3) is 1.16. The molecule has 1 aliphatic rings. The number of ketones is 1. The molecule has 0 atom stereocenters. The first-order valence-electron chi connectivity index (χ1n) is 3.88. The molecule has 0 bridgehead atoms. The molecule has 12 heavy (non-hydrogen) atoms. The Bertz CT molecular complexity index is 304. The van der Waals surface area contributed by atoms with Crippen LogP contribution in [-0.4, -0.2) is 26.8 Å². The summed E-state index contributed by atoms with van der Waals surface area (Å²) in [7, 11) is 1.85. The molecular formula is C8H10N2OS. The minimum absolute atomic E-state index is 0.196. The maximum absolute atomic E-state index is 11.6. The molecule has 64 valence electrons. The van der Waals surface area contributed by atoms with Gasteiger partial charge in [0.2, 0.25) is 5.78 Å². The summed E-state index contributed by atoms with van der Waals surface area (Å²) in [4.78, 5) is 15.6. The van der Waals surface area contributed by atoms with Crippen LogP contribution in [0.4, 0.5) is 0 Å². The molecule has 0 N–H and O–H groups in total. The molecule has 1 aromatic rings. The largest absolute Gasteiger partial charge is 0.332 e. The summed E-state index contributed by atoms with van der Waals surface area (Å²) in [6.07, 6.45) is 3.47. The van der Waals surface area contributed by atoms with Crippen LogP contribution in [0.3, 0.4) is 0 Å². The fourth-order valence-corrected chi connectivity index (χ4v) is 1.95. The Kier molecular flexibility index (Phi) is 1.92. The number of carbonyl (C=O) groups is 1. The number of carbonyl (C=O) groups excluding carboxylic acids is 1. The van der Waals surface area contributed by atoms with Crippen LogP contribution in [0.15, 0.2) is 12.4 Å². The molecule has 0 spiro atoms. The van der Waals surface area contributed by atoms with Gasteiger partial charge in [0.05, 0.1) is 0 Å². The van der Waals surface area contributed by atoms with Crippen LogP contribution in [0, 0.1) is 5.92 Å². The lowest BCUT2D eigenvalue weighted by Gasteiger charge is -2.22. The molecule has 0 radical (unpaired) electrons. The van der Waals surface area contributed by atoms with E-state index in [1.807, 2.05) is 18.8 Å². The number of hydrogen-bond donors (Lipinski definition) is 0. The lowest BCUT2D eigenvalue weighted by atomic mass is 10.1. The van der Waals surface area contributed by atoms with Crippen LogP contribution >= 0.6 is 11.8 Å². The maximum atomic E-state index is 11.6. The predicted molar refractivity (Wildman–Crippen MR) is 48.4 cm³/mol. The average Bonchev–Trinajstić information content (AvgIpc) is 2.31. The summed E-state index contributed by atoms with van der Waals surface area (Å²) in [5.74, 6) is 2.94. The van der Waals surface area contributed by atoms with Crippen molar-refractivity contribution >= 4 is 17.5 Å². The number of thioether (sulfide) groups is 1. The Hall–Kier alpha value is -0.770. The number of hydrogen-bond acceptors (Lipinski definition) is 3. The lowest BCUT2D eigenvalue weighted by Crippen LogP contribution is -2.29. The third-order valence-electron chi connectivity index (χ3n) is 2.05. The molecule has 1 saturated heterocycles. The molecular weight excluding hydrogens is 172 g/mol. The Morgan fingerprint density at radius 3 is 2.92 bits per heavy atom. The van der Waals surface area contributed by atoms with Crippen LogP contribution in [0.5, 0.6) is 0 Å². The Morgan fingerprint density at radius 2 is 2.50 bits per heavy atom. The van der Waals surface area contributed by atoms with E-state index >= 15 is 0 Å². The van der Waals surface area contributed by atoms with E-state index in [1.54, 1.807) is 17.0 Å². The molecule has 0 saturated carbocycles. The second-order valence-corrected chi connectivity index (χ2v) is 4.04. The van der Waals surface area contributed by atoms with Gasteiger partial charge in [0, 0.05) is 36.9 Å². The van der Waals surface area contributed by atoms with Crippen molar-refractivity contribution in [3.05, 3.63) is 18.2 Å². The van der Waals surface area contributed by atoms with Gasteiger partial charge in [0.1, 0.15) is 0 Å². The zero-order valence-corrected chi connectivity index (χ0v) is 7.67. The number of aryl methyl sites for hydroxylation is 1. The van der Waals surface area contributed by atoms with Crippen molar-refractivity contribution in [2.45, 2.75) is 0 Å². The van der Waals surface area contributed by atoms with E-state index in [-0.39, 0.29) is 11.7 Å². The topological polar surface area (TPSA) is 34.9 Å². The van der Waals surface area contributed by atoms with Crippen molar-refractivity contribution in [3.8, 4) is 0 Å². The van der Waals surface area contributed by atoms with Crippen LogP contribution in [-0.2, 0) is 7.05 Å². The number of aromatic nitrogens is 2. The monoisotopic (exact) mass is 182 g/mol. The van der Waals surface area contributed by atoms with Crippen LogP contribution in [0.2, 0.25) is 0 Å².